The second-order valence-corrected chi connectivity index (χ2v) is 5.37. The van der Waals surface area contributed by atoms with E-state index in [4.69, 9.17) is 0 Å². The molecule has 0 aromatic carbocycles. The normalized spacial score (nSPS) is 25.1. The molecular formula is C14H19N3O2. The Labute approximate surface area is 112 Å². The van der Waals surface area contributed by atoms with Crippen LogP contribution in [0.2, 0.25) is 0 Å². The Morgan fingerprint density at radius 1 is 1.05 bits per heavy atom. The van der Waals surface area contributed by atoms with Crippen molar-refractivity contribution in [3.63, 3.8) is 0 Å². The molecule has 1 unspecified atom stereocenters. The Morgan fingerprint density at radius 3 is 2.42 bits per heavy atom. The average molecular weight is 261 g/mol. The molecule has 2 fully saturated rings. The van der Waals surface area contributed by atoms with Crippen molar-refractivity contribution in [3.8, 4) is 0 Å². The van der Waals surface area contributed by atoms with Gasteiger partial charge in [-0.25, -0.2) is 0 Å². The van der Waals surface area contributed by atoms with Crippen molar-refractivity contribution in [1.82, 2.24) is 9.58 Å². The minimum atomic E-state index is -0.415. The number of carbonyl (C=O) groups excluding carboxylic acids is 2. The largest absolute Gasteiger partial charge is 0.313 e. The highest BCUT2D eigenvalue weighted by atomic mass is 16.2. The number of hydrogen-bond acceptors (Lipinski definition) is 3. The molecule has 1 saturated carbocycles. The molecular weight excluding hydrogens is 242 g/mol. The van der Waals surface area contributed by atoms with Crippen molar-refractivity contribution in [3.05, 3.63) is 24.5 Å². The number of likely N-dealkylation sites (tertiary alicyclic amines) is 1. The Kier molecular flexibility index (Phi) is 3.27. The molecule has 2 heterocycles. The summed E-state index contributed by atoms with van der Waals surface area (Å²) in [5, 5.41) is 0. The molecule has 0 spiro atoms. The zero-order chi connectivity index (χ0) is 13.2. The van der Waals surface area contributed by atoms with Crippen LogP contribution in [0, 0.1) is 0 Å². The van der Waals surface area contributed by atoms with E-state index in [0.717, 1.165) is 25.7 Å². The first-order chi connectivity index (χ1) is 9.25. The van der Waals surface area contributed by atoms with Gasteiger partial charge in [0.2, 0.25) is 5.91 Å². The van der Waals surface area contributed by atoms with E-state index >= 15 is 0 Å². The second kappa shape index (κ2) is 5.07. The van der Waals surface area contributed by atoms with E-state index in [1.54, 1.807) is 4.68 Å². The smallest absolute Gasteiger partial charge is 0.254 e. The van der Waals surface area contributed by atoms with E-state index in [1.807, 2.05) is 24.5 Å². The second-order valence-electron chi connectivity index (χ2n) is 5.37. The summed E-state index contributed by atoms with van der Waals surface area (Å²) in [5.74, 6) is -0.0906. The predicted molar refractivity (Wildman–Crippen MR) is 70.9 cm³/mol. The fourth-order valence-corrected chi connectivity index (χ4v) is 3.08. The number of imide groups is 1. The number of aromatic nitrogens is 1. The molecule has 1 aromatic heterocycles. The number of carbonyl (C=O) groups is 2. The molecule has 1 aliphatic heterocycles. The maximum atomic E-state index is 12.4. The van der Waals surface area contributed by atoms with Crippen molar-refractivity contribution in [1.29, 1.82) is 0 Å². The van der Waals surface area contributed by atoms with Crippen LogP contribution in [0.4, 0.5) is 0 Å². The van der Waals surface area contributed by atoms with Crippen LogP contribution in [0.15, 0.2) is 24.5 Å². The predicted octanol–water partition coefficient (Wildman–Crippen LogP) is 1.49. The van der Waals surface area contributed by atoms with Gasteiger partial charge in [0.15, 0.2) is 0 Å². The first kappa shape index (κ1) is 12.3. The van der Waals surface area contributed by atoms with Gasteiger partial charge < -0.3 is 5.43 Å². The van der Waals surface area contributed by atoms with Crippen molar-refractivity contribution in [2.45, 2.75) is 50.6 Å². The summed E-state index contributed by atoms with van der Waals surface area (Å²) in [6.07, 6.45) is 9.34. The molecule has 1 saturated heterocycles. The van der Waals surface area contributed by atoms with Crippen LogP contribution in [0.3, 0.4) is 0 Å². The zero-order valence-electron chi connectivity index (χ0n) is 10.9. The van der Waals surface area contributed by atoms with Crippen LogP contribution in [0.1, 0.15) is 38.5 Å². The fraction of sp³-hybridized carbons (Fsp3) is 0.571. The van der Waals surface area contributed by atoms with Crippen LogP contribution in [0.5, 0.6) is 0 Å². The molecule has 1 aliphatic carbocycles. The van der Waals surface area contributed by atoms with Crippen molar-refractivity contribution in [2.75, 3.05) is 5.43 Å². The average Bonchev–Trinajstić information content (AvgIpc) is 3.01. The molecule has 5 nitrogen and oxygen atoms in total. The molecule has 1 atom stereocenters. The Morgan fingerprint density at radius 2 is 1.74 bits per heavy atom. The SMILES string of the molecule is O=C1CC(Nn2cccc2)C(=O)N1C1CCCCC1. The Bertz CT molecular complexity index is 463. The third-order valence-corrected chi connectivity index (χ3v) is 4.03. The van der Waals surface area contributed by atoms with Crippen molar-refractivity contribution < 1.29 is 9.59 Å². The summed E-state index contributed by atoms with van der Waals surface area (Å²) in [6.45, 7) is 0. The van der Waals surface area contributed by atoms with Crippen molar-refractivity contribution >= 4 is 11.8 Å². The van der Waals surface area contributed by atoms with E-state index in [2.05, 4.69) is 5.43 Å². The number of rotatable bonds is 3. The third-order valence-electron chi connectivity index (χ3n) is 4.03. The van der Waals surface area contributed by atoms with Crippen LogP contribution < -0.4 is 5.43 Å². The molecule has 0 bridgehead atoms. The van der Waals surface area contributed by atoms with Crippen LogP contribution >= 0.6 is 0 Å². The maximum absolute atomic E-state index is 12.4. The number of nitrogens with zero attached hydrogens (tertiary/aromatic N) is 2. The van der Waals surface area contributed by atoms with E-state index in [0.29, 0.717) is 0 Å². The van der Waals surface area contributed by atoms with Crippen LogP contribution in [-0.4, -0.2) is 33.5 Å². The maximum Gasteiger partial charge on any atom is 0.254 e. The Balaban J connectivity index is 1.69. The van der Waals surface area contributed by atoms with E-state index in [-0.39, 0.29) is 24.3 Å². The molecule has 5 heteroatoms. The first-order valence-electron chi connectivity index (χ1n) is 7.01. The molecule has 0 radical (unpaired) electrons. The molecule has 2 aliphatic rings. The quantitative estimate of drug-likeness (QED) is 0.839. The van der Waals surface area contributed by atoms with Crippen molar-refractivity contribution in [2.24, 2.45) is 0 Å². The minimum absolute atomic E-state index is 0.0263. The first-order valence-corrected chi connectivity index (χ1v) is 7.01. The van der Waals surface area contributed by atoms with Gasteiger partial charge >= 0.3 is 0 Å². The van der Waals surface area contributed by atoms with Crippen LogP contribution in [-0.2, 0) is 9.59 Å². The molecule has 3 rings (SSSR count). The minimum Gasteiger partial charge on any atom is -0.313 e. The lowest BCUT2D eigenvalue weighted by Crippen LogP contribution is -2.44. The highest BCUT2D eigenvalue weighted by Gasteiger charge is 2.42. The molecule has 19 heavy (non-hydrogen) atoms. The molecule has 1 N–H and O–H groups in total. The number of hydrogen-bond donors (Lipinski definition) is 1. The fourth-order valence-electron chi connectivity index (χ4n) is 3.08. The summed E-state index contributed by atoms with van der Waals surface area (Å²) in [4.78, 5) is 26.0. The van der Waals surface area contributed by atoms with Crippen LogP contribution in [0.25, 0.3) is 0 Å². The van der Waals surface area contributed by atoms with Gasteiger partial charge in [0.1, 0.15) is 6.04 Å². The van der Waals surface area contributed by atoms with Gasteiger partial charge in [0.05, 0.1) is 6.42 Å². The van der Waals surface area contributed by atoms with Gasteiger partial charge in [-0.1, -0.05) is 19.3 Å². The van der Waals surface area contributed by atoms with Gasteiger partial charge in [-0.3, -0.25) is 19.2 Å². The summed E-state index contributed by atoms with van der Waals surface area (Å²) in [7, 11) is 0. The number of amides is 2. The monoisotopic (exact) mass is 261 g/mol. The lowest BCUT2D eigenvalue weighted by atomic mass is 9.94. The summed E-state index contributed by atoms with van der Waals surface area (Å²) in [6, 6.07) is 3.48. The molecule has 1 aromatic rings. The number of nitrogens with one attached hydrogen (secondary N) is 1. The van der Waals surface area contributed by atoms with E-state index in [1.165, 1.54) is 11.3 Å². The summed E-state index contributed by atoms with van der Waals surface area (Å²) >= 11 is 0. The summed E-state index contributed by atoms with van der Waals surface area (Å²) < 4.78 is 1.74. The van der Waals surface area contributed by atoms with Gasteiger partial charge in [0.25, 0.3) is 5.91 Å². The highest BCUT2D eigenvalue weighted by molar-refractivity contribution is 6.06. The van der Waals surface area contributed by atoms with Gasteiger partial charge in [-0.2, -0.15) is 0 Å². The lowest BCUT2D eigenvalue weighted by molar-refractivity contribution is -0.142. The van der Waals surface area contributed by atoms with Gasteiger partial charge in [0, 0.05) is 18.4 Å². The van der Waals surface area contributed by atoms with Gasteiger partial charge in [-0.05, 0) is 25.0 Å². The molecule has 102 valence electrons. The van der Waals surface area contributed by atoms with E-state index in [9.17, 15) is 9.59 Å². The summed E-state index contributed by atoms with van der Waals surface area (Å²) in [5.41, 5.74) is 3.07. The van der Waals surface area contributed by atoms with Gasteiger partial charge in [-0.15, -0.1) is 0 Å². The standard InChI is InChI=1S/C14H19N3O2/c18-13-10-12(15-16-8-4-5-9-16)14(19)17(13)11-6-2-1-3-7-11/h4-5,8-9,11-12,15H,1-3,6-7,10H2. The zero-order valence-corrected chi connectivity index (χ0v) is 10.9. The molecule has 2 amide bonds. The Hall–Kier alpha value is -1.78. The highest BCUT2D eigenvalue weighted by Crippen LogP contribution is 2.27. The lowest BCUT2D eigenvalue weighted by Gasteiger charge is -2.29. The third kappa shape index (κ3) is 2.37. The topological polar surface area (TPSA) is 54.3 Å². The van der Waals surface area contributed by atoms with E-state index < -0.39 is 6.04 Å².